The van der Waals surface area contributed by atoms with Gasteiger partial charge in [0, 0.05) is 0 Å². The number of amides is 1. The van der Waals surface area contributed by atoms with E-state index >= 15 is 0 Å². The number of furan rings is 2. The lowest BCUT2D eigenvalue weighted by molar-refractivity contribution is -0.139. The molecule has 5 heteroatoms. The molecule has 124 valence electrons. The van der Waals surface area contributed by atoms with Crippen LogP contribution in [-0.4, -0.2) is 21.5 Å². The van der Waals surface area contributed by atoms with Gasteiger partial charge in [-0.3, -0.25) is 4.79 Å². The highest BCUT2D eigenvalue weighted by Gasteiger charge is 2.33. The summed E-state index contributed by atoms with van der Waals surface area (Å²) in [5.74, 6) is 1.38. The zero-order chi connectivity index (χ0) is 16.1. The Bertz CT molecular complexity index is 561. The van der Waals surface area contributed by atoms with E-state index in [2.05, 4.69) is 0 Å². The molecule has 1 fully saturated rings. The fourth-order valence-electron chi connectivity index (χ4n) is 3.19. The molecule has 0 saturated heterocycles. The number of nitrogens with zero attached hydrogens (tertiary/aromatic N) is 1. The van der Waals surface area contributed by atoms with Gasteiger partial charge >= 0.3 is 0 Å². The van der Waals surface area contributed by atoms with Crippen LogP contribution in [0.5, 0.6) is 0 Å². The summed E-state index contributed by atoms with van der Waals surface area (Å²) in [7, 11) is 0. The summed E-state index contributed by atoms with van der Waals surface area (Å²) in [5, 5.41) is 10.6. The molecule has 23 heavy (non-hydrogen) atoms. The van der Waals surface area contributed by atoms with Gasteiger partial charge in [-0.2, -0.15) is 0 Å². The molecule has 0 radical (unpaired) electrons. The third-order valence-electron chi connectivity index (χ3n) is 4.47. The molecule has 1 N–H and O–H groups in total. The summed E-state index contributed by atoms with van der Waals surface area (Å²) in [6, 6.07) is 7.30. The van der Waals surface area contributed by atoms with E-state index < -0.39 is 5.60 Å². The van der Waals surface area contributed by atoms with Crippen LogP contribution in [0.25, 0.3) is 0 Å². The quantitative estimate of drug-likeness (QED) is 0.885. The van der Waals surface area contributed by atoms with Crippen molar-refractivity contribution in [2.24, 2.45) is 0 Å². The van der Waals surface area contributed by atoms with E-state index in [1.807, 2.05) is 12.1 Å². The van der Waals surface area contributed by atoms with Crippen LogP contribution in [0.15, 0.2) is 45.6 Å². The predicted octanol–water partition coefficient (Wildman–Crippen LogP) is 3.49. The molecule has 0 aliphatic heterocycles. The first-order valence-corrected chi connectivity index (χ1v) is 8.20. The van der Waals surface area contributed by atoms with Crippen molar-refractivity contribution >= 4 is 5.91 Å². The van der Waals surface area contributed by atoms with Gasteiger partial charge in [0.25, 0.3) is 0 Å². The largest absolute Gasteiger partial charge is 0.467 e. The molecule has 1 aliphatic rings. The lowest BCUT2D eigenvalue weighted by Crippen LogP contribution is -2.40. The third kappa shape index (κ3) is 4.26. The Labute approximate surface area is 135 Å². The van der Waals surface area contributed by atoms with Crippen molar-refractivity contribution in [1.82, 2.24) is 4.90 Å². The van der Waals surface area contributed by atoms with Crippen LogP contribution >= 0.6 is 0 Å². The van der Waals surface area contributed by atoms with Crippen molar-refractivity contribution < 1.29 is 18.7 Å². The first kappa shape index (κ1) is 15.9. The molecule has 0 atom stereocenters. The molecule has 1 aliphatic carbocycles. The molecule has 3 rings (SSSR count). The van der Waals surface area contributed by atoms with Crippen LogP contribution in [-0.2, 0) is 17.9 Å². The Morgan fingerprint density at radius 2 is 1.61 bits per heavy atom. The number of aliphatic hydroxyl groups is 1. The minimum atomic E-state index is -0.861. The van der Waals surface area contributed by atoms with Gasteiger partial charge in [0.1, 0.15) is 11.5 Å². The molecule has 0 unspecified atom stereocenters. The summed E-state index contributed by atoms with van der Waals surface area (Å²) in [6.07, 6.45) is 7.87. The Kier molecular flexibility index (Phi) is 4.86. The monoisotopic (exact) mass is 317 g/mol. The van der Waals surface area contributed by atoms with Gasteiger partial charge in [-0.1, -0.05) is 19.3 Å². The summed E-state index contributed by atoms with van der Waals surface area (Å²) < 4.78 is 10.7. The van der Waals surface area contributed by atoms with Crippen LogP contribution in [0.1, 0.15) is 50.0 Å². The predicted molar refractivity (Wildman–Crippen MR) is 84.3 cm³/mol. The summed E-state index contributed by atoms with van der Waals surface area (Å²) in [4.78, 5) is 14.4. The van der Waals surface area contributed by atoms with Gasteiger partial charge in [-0.05, 0) is 37.1 Å². The van der Waals surface area contributed by atoms with E-state index in [4.69, 9.17) is 8.83 Å². The maximum absolute atomic E-state index is 12.8. The average molecular weight is 317 g/mol. The molecule has 0 bridgehead atoms. The van der Waals surface area contributed by atoms with Crippen LogP contribution < -0.4 is 0 Å². The van der Waals surface area contributed by atoms with E-state index in [9.17, 15) is 9.90 Å². The maximum atomic E-state index is 12.8. The van der Waals surface area contributed by atoms with Gasteiger partial charge < -0.3 is 18.8 Å². The van der Waals surface area contributed by atoms with E-state index in [0.29, 0.717) is 25.9 Å². The smallest absolute Gasteiger partial charge is 0.226 e. The Morgan fingerprint density at radius 1 is 1.04 bits per heavy atom. The highest BCUT2D eigenvalue weighted by Crippen LogP contribution is 2.31. The van der Waals surface area contributed by atoms with Gasteiger partial charge in [0.15, 0.2) is 0 Å². The minimum absolute atomic E-state index is 0.0674. The van der Waals surface area contributed by atoms with Gasteiger partial charge in [-0.15, -0.1) is 0 Å². The van der Waals surface area contributed by atoms with Crippen LogP contribution in [0.3, 0.4) is 0 Å². The van der Waals surface area contributed by atoms with Gasteiger partial charge in [-0.25, -0.2) is 0 Å². The molecular weight excluding hydrogens is 294 g/mol. The first-order chi connectivity index (χ1) is 11.1. The summed E-state index contributed by atoms with van der Waals surface area (Å²) >= 11 is 0. The number of rotatable bonds is 6. The standard InChI is InChI=1S/C18H23NO4/c20-17(12-18(21)8-2-1-3-9-18)19(13-15-6-4-10-22-15)14-16-7-5-11-23-16/h4-7,10-11,21H,1-3,8-9,12-14H2. The lowest BCUT2D eigenvalue weighted by atomic mass is 9.82. The third-order valence-corrected chi connectivity index (χ3v) is 4.47. The molecule has 0 aromatic carbocycles. The number of carbonyl (C=O) groups excluding carboxylic acids is 1. The number of carbonyl (C=O) groups is 1. The second-order valence-corrected chi connectivity index (χ2v) is 6.37. The van der Waals surface area contributed by atoms with E-state index in [0.717, 1.165) is 30.8 Å². The van der Waals surface area contributed by atoms with Crippen LogP contribution in [0.2, 0.25) is 0 Å². The number of hydrogen-bond donors (Lipinski definition) is 1. The Balaban J connectivity index is 1.69. The Morgan fingerprint density at radius 3 is 2.09 bits per heavy atom. The average Bonchev–Trinajstić information content (AvgIpc) is 3.20. The molecular formula is C18H23NO4. The first-order valence-electron chi connectivity index (χ1n) is 8.20. The minimum Gasteiger partial charge on any atom is -0.467 e. The lowest BCUT2D eigenvalue weighted by Gasteiger charge is -2.33. The topological polar surface area (TPSA) is 66.8 Å². The summed E-state index contributed by atoms with van der Waals surface area (Å²) in [6.45, 7) is 0.755. The molecule has 1 amide bonds. The van der Waals surface area contributed by atoms with Crippen molar-refractivity contribution in [2.45, 2.75) is 57.2 Å². The molecule has 2 aromatic heterocycles. The molecule has 2 heterocycles. The van der Waals surface area contributed by atoms with E-state index in [1.165, 1.54) is 0 Å². The van der Waals surface area contributed by atoms with E-state index in [1.54, 1.807) is 29.6 Å². The van der Waals surface area contributed by atoms with Gasteiger partial charge in [0.05, 0.1) is 37.6 Å². The SMILES string of the molecule is O=C(CC1(O)CCCCC1)N(Cc1ccco1)Cc1ccco1. The number of hydrogen-bond acceptors (Lipinski definition) is 4. The van der Waals surface area contributed by atoms with E-state index in [-0.39, 0.29) is 12.3 Å². The molecule has 2 aromatic rings. The zero-order valence-corrected chi connectivity index (χ0v) is 13.2. The molecule has 5 nitrogen and oxygen atoms in total. The highest BCUT2D eigenvalue weighted by atomic mass is 16.3. The highest BCUT2D eigenvalue weighted by molar-refractivity contribution is 5.77. The fourth-order valence-corrected chi connectivity index (χ4v) is 3.19. The van der Waals surface area contributed by atoms with Crippen molar-refractivity contribution in [3.05, 3.63) is 48.3 Å². The normalized spacial score (nSPS) is 17.1. The van der Waals surface area contributed by atoms with Crippen LogP contribution in [0.4, 0.5) is 0 Å². The van der Waals surface area contributed by atoms with Crippen molar-refractivity contribution in [3.63, 3.8) is 0 Å². The molecule has 0 spiro atoms. The fraction of sp³-hybridized carbons (Fsp3) is 0.500. The second-order valence-electron chi connectivity index (χ2n) is 6.37. The van der Waals surface area contributed by atoms with Gasteiger partial charge in [0.2, 0.25) is 5.91 Å². The van der Waals surface area contributed by atoms with Crippen LogP contribution in [0, 0.1) is 0 Å². The molecule has 1 saturated carbocycles. The van der Waals surface area contributed by atoms with Crippen molar-refractivity contribution in [3.8, 4) is 0 Å². The Hall–Kier alpha value is -2.01. The second kappa shape index (κ2) is 7.04. The maximum Gasteiger partial charge on any atom is 0.226 e. The van der Waals surface area contributed by atoms with Crippen molar-refractivity contribution in [1.29, 1.82) is 0 Å². The summed E-state index contributed by atoms with van der Waals surface area (Å²) in [5.41, 5.74) is -0.861. The van der Waals surface area contributed by atoms with Crippen molar-refractivity contribution in [2.75, 3.05) is 0 Å². The zero-order valence-electron chi connectivity index (χ0n) is 13.2.